The number of rotatable bonds is 7. The van der Waals surface area contributed by atoms with E-state index in [9.17, 15) is 4.79 Å². The van der Waals surface area contributed by atoms with Crippen LogP contribution in [-0.4, -0.2) is 34.9 Å². The summed E-state index contributed by atoms with van der Waals surface area (Å²) >= 11 is 0. The van der Waals surface area contributed by atoms with Crippen LogP contribution in [0.1, 0.15) is 30.7 Å². The average molecular weight is 242 g/mol. The van der Waals surface area contributed by atoms with E-state index in [1.807, 2.05) is 0 Å². The van der Waals surface area contributed by atoms with Gasteiger partial charge in [0, 0.05) is 7.11 Å². The van der Waals surface area contributed by atoms with Crippen LogP contribution in [0.25, 0.3) is 0 Å². The summed E-state index contributed by atoms with van der Waals surface area (Å²) in [5.41, 5.74) is 0. The van der Waals surface area contributed by atoms with Crippen molar-refractivity contribution in [2.45, 2.75) is 25.6 Å². The summed E-state index contributed by atoms with van der Waals surface area (Å²) in [6.45, 7) is -0.381. The summed E-state index contributed by atoms with van der Waals surface area (Å²) in [4.78, 5) is 14.4. The smallest absolute Gasteiger partial charge is 0.329 e. The Labute approximate surface area is 97.7 Å². The molecular formula is C10H14N2O5. The van der Waals surface area contributed by atoms with Crippen LogP contribution in [0.5, 0.6) is 0 Å². The molecule has 0 aromatic carbocycles. The Bertz CT molecular complexity index is 388. The van der Waals surface area contributed by atoms with Crippen LogP contribution < -0.4 is 0 Å². The van der Waals surface area contributed by atoms with Crippen molar-refractivity contribution in [1.29, 1.82) is 0 Å². The van der Waals surface area contributed by atoms with E-state index >= 15 is 0 Å². The Morgan fingerprint density at radius 1 is 1.65 bits per heavy atom. The first-order valence-electron chi connectivity index (χ1n) is 5.35. The van der Waals surface area contributed by atoms with Gasteiger partial charge in [0.2, 0.25) is 5.82 Å². The predicted octanol–water partition coefficient (Wildman–Crippen LogP) is 0.768. The van der Waals surface area contributed by atoms with E-state index in [-0.39, 0.29) is 25.2 Å². The highest BCUT2D eigenvalue weighted by Crippen LogP contribution is 2.41. The van der Waals surface area contributed by atoms with Gasteiger partial charge in [-0.15, -0.1) is 0 Å². The second kappa shape index (κ2) is 5.24. The Morgan fingerprint density at radius 3 is 3.00 bits per heavy atom. The molecule has 1 aliphatic rings. The highest BCUT2D eigenvalue weighted by molar-refractivity contribution is 5.67. The number of hydrogen-bond acceptors (Lipinski definition) is 6. The molecule has 0 spiro atoms. The van der Waals surface area contributed by atoms with Gasteiger partial charge in [0.25, 0.3) is 5.89 Å². The lowest BCUT2D eigenvalue weighted by Crippen LogP contribution is -2.08. The minimum Gasteiger partial charge on any atom is -0.480 e. The minimum absolute atomic E-state index is 0.000398. The first kappa shape index (κ1) is 12.0. The molecule has 7 nitrogen and oxygen atoms in total. The van der Waals surface area contributed by atoms with Crippen molar-refractivity contribution in [2.24, 2.45) is 5.92 Å². The zero-order valence-corrected chi connectivity index (χ0v) is 9.46. The standard InChI is InChI=1S/C10H14N2O5/c1-15-9(6-2-3-6)10-11-7(17-12-10)4-16-5-8(13)14/h6,9H,2-5H2,1H3,(H,13,14). The van der Waals surface area contributed by atoms with Crippen LogP contribution in [0.15, 0.2) is 4.52 Å². The van der Waals surface area contributed by atoms with E-state index in [1.165, 1.54) is 0 Å². The number of carbonyl (C=O) groups is 1. The molecule has 1 N–H and O–H groups in total. The Balaban J connectivity index is 1.88. The molecule has 0 radical (unpaired) electrons. The summed E-state index contributed by atoms with van der Waals surface area (Å²) in [6, 6.07) is 0. The molecule has 0 amide bonds. The highest BCUT2D eigenvalue weighted by atomic mass is 16.5. The Kier molecular flexibility index (Phi) is 3.70. The Morgan fingerprint density at radius 2 is 2.41 bits per heavy atom. The van der Waals surface area contributed by atoms with Crippen LogP contribution in [0.4, 0.5) is 0 Å². The molecule has 1 atom stereocenters. The molecule has 0 bridgehead atoms. The molecule has 1 aromatic heterocycles. The van der Waals surface area contributed by atoms with Crippen molar-refractivity contribution in [3.63, 3.8) is 0 Å². The normalized spacial score (nSPS) is 17.0. The van der Waals surface area contributed by atoms with E-state index < -0.39 is 5.97 Å². The summed E-state index contributed by atoms with van der Waals surface area (Å²) in [7, 11) is 1.61. The third kappa shape index (κ3) is 3.24. The number of methoxy groups -OCH3 is 1. The van der Waals surface area contributed by atoms with Gasteiger partial charge in [0.05, 0.1) is 0 Å². The molecule has 7 heteroatoms. The molecule has 1 heterocycles. The molecule has 1 aliphatic carbocycles. The summed E-state index contributed by atoms with van der Waals surface area (Å²) in [5, 5.41) is 12.2. The number of aromatic nitrogens is 2. The molecule has 1 unspecified atom stereocenters. The van der Waals surface area contributed by atoms with E-state index in [0.29, 0.717) is 11.7 Å². The zero-order chi connectivity index (χ0) is 12.3. The third-order valence-corrected chi connectivity index (χ3v) is 2.49. The highest BCUT2D eigenvalue weighted by Gasteiger charge is 2.35. The maximum absolute atomic E-state index is 10.2. The molecule has 1 saturated carbocycles. The van der Waals surface area contributed by atoms with Crippen molar-refractivity contribution in [2.75, 3.05) is 13.7 Å². The summed E-state index contributed by atoms with van der Waals surface area (Å²) in [5.74, 6) is 0.204. The van der Waals surface area contributed by atoms with Gasteiger partial charge in [-0.25, -0.2) is 4.79 Å². The van der Waals surface area contributed by atoms with Crippen molar-refractivity contribution in [3.05, 3.63) is 11.7 Å². The van der Waals surface area contributed by atoms with Gasteiger partial charge in [-0.2, -0.15) is 4.98 Å². The number of aliphatic carboxylic acids is 1. The molecule has 0 saturated heterocycles. The number of ether oxygens (including phenoxy) is 2. The number of nitrogens with zero attached hydrogens (tertiary/aromatic N) is 2. The average Bonchev–Trinajstić information content (AvgIpc) is 3.00. The van der Waals surface area contributed by atoms with Gasteiger partial charge in [-0.3, -0.25) is 0 Å². The molecule has 17 heavy (non-hydrogen) atoms. The molecule has 94 valence electrons. The van der Waals surface area contributed by atoms with Gasteiger partial charge in [0.1, 0.15) is 19.3 Å². The van der Waals surface area contributed by atoms with Crippen molar-refractivity contribution in [3.8, 4) is 0 Å². The van der Waals surface area contributed by atoms with E-state index in [0.717, 1.165) is 12.8 Å². The quantitative estimate of drug-likeness (QED) is 0.754. The second-order valence-electron chi connectivity index (χ2n) is 3.93. The van der Waals surface area contributed by atoms with Crippen LogP contribution in [0.3, 0.4) is 0 Å². The lowest BCUT2D eigenvalue weighted by Gasteiger charge is -2.08. The first-order chi connectivity index (χ1) is 8.20. The van der Waals surface area contributed by atoms with Crippen LogP contribution in [-0.2, 0) is 20.9 Å². The lowest BCUT2D eigenvalue weighted by atomic mass is 10.2. The maximum atomic E-state index is 10.2. The zero-order valence-electron chi connectivity index (χ0n) is 9.46. The largest absolute Gasteiger partial charge is 0.480 e. The fraction of sp³-hybridized carbons (Fsp3) is 0.700. The SMILES string of the molecule is COC(c1noc(COCC(=O)O)n1)C1CC1. The monoisotopic (exact) mass is 242 g/mol. The number of carboxylic acids is 1. The second-order valence-corrected chi connectivity index (χ2v) is 3.93. The number of carboxylic acid groups (broad SMARTS) is 1. The van der Waals surface area contributed by atoms with Crippen LogP contribution in [0, 0.1) is 5.92 Å². The van der Waals surface area contributed by atoms with Crippen LogP contribution >= 0.6 is 0 Å². The van der Waals surface area contributed by atoms with Gasteiger partial charge < -0.3 is 19.1 Å². The van der Waals surface area contributed by atoms with Gasteiger partial charge in [-0.1, -0.05) is 5.16 Å². The van der Waals surface area contributed by atoms with E-state index in [2.05, 4.69) is 10.1 Å². The van der Waals surface area contributed by atoms with Gasteiger partial charge in [0.15, 0.2) is 0 Å². The topological polar surface area (TPSA) is 94.7 Å². The van der Waals surface area contributed by atoms with Gasteiger partial charge >= 0.3 is 5.97 Å². The first-order valence-corrected chi connectivity index (χ1v) is 5.35. The van der Waals surface area contributed by atoms with E-state index in [4.69, 9.17) is 19.1 Å². The molecule has 1 fully saturated rings. The molecule has 0 aliphatic heterocycles. The van der Waals surface area contributed by atoms with Gasteiger partial charge in [-0.05, 0) is 18.8 Å². The fourth-order valence-corrected chi connectivity index (χ4v) is 1.58. The van der Waals surface area contributed by atoms with Crippen molar-refractivity contribution >= 4 is 5.97 Å². The van der Waals surface area contributed by atoms with E-state index in [1.54, 1.807) is 7.11 Å². The van der Waals surface area contributed by atoms with Crippen molar-refractivity contribution < 1.29 is 23.9 Å². The summed E-state index contributed by atoms with van der Waals surface area (Å²) in [6.07, 6.45) is 2.09. The number of hydrogen-bond donors (Lipinski definition) is 1. The minimum atomic E-state index is -1.03. The fourth-order valence-electron chi connectivity index (χ4n) is 1.58. The molecular weight excluding hydrogens is 228 g/mol. The van der Waals surface area contributed by atoms with Crippen molar-refractivity contribution in [1.82, 2.24) is 10.1 Å². The third-order valence-electron chi connectivity index (χ3n) is 2.49. The molecule has 2 rings (SSSR count). The lowest BCUT2D eigenvalue weighted by molar-refractivity contribution is -0.142. The molecule has 1 aromatic rings. The predicted molar refractivity (Wildman–Crippen MR) is 54.1 cm³/mol. The Hall–Kier alpha value is -1.47. The maximum Gasteiger partial charge on any atom is 0.329 e. The summed E-state index contributed by atoms with van der Waals surface area (Å²) < 4.78 is 15.1. The van der Waals surface area contributed by atoms with Crippen LogP contribution in [0.2, 0.25) is 0 Å².